The smallest absolute Gasteiger partial charge is 0.0661 e. The molecule has 2 aliphatic carbocycles. The number of pyridine rings is 1. The molecule has 0 aromatic carbocycles. The van der Waals surface area contributed by atoms with E-state index in [-0.39, 0.29) is 0 Å². The molecule has 3 fully saturated rings. The summed E-state index contributed by atoms with van der Waals surface area (Å²) < 4.78 is 6.06. The molecule has 3 aliphatic rings. The van der Waals surface area contributed by atoms with Crippen LogP contribution in [0.1, 0.15) is 57.4 Å². The Bertz CT molecular complexity index is 535. The van der Waals surface area contributed by atoms with Crippen molar-refractivity contribution in [3.05, 3.63) is 30.1 Å². The Kier molecular flexibility index (Phi) is 5.39. The fourth-order valence-corrected chi connectivity index (χ4v) is 5.41. The Morgan fingerprint density at radius 1 is 1.28 bits per heavy atom. The van der Waals surface area contributed by atoms with Gasteiger partial charge in [-0.2, -0.15) is 0 Å². The molecule has 4 rings (SSSR count). The molecule has 138 valence electrons. The molecule has 0 bridgehead atoms. The first-order valence-electron chi connectivity index (χ1n) is 10.3. The van der Waals surface area contributed by atoms with Crippen LogP contribution >= 0.6 is 0 Å². The van der Waals surface area contributed by atoms with Crippen molar-refractivity contribution in [2.24, 2.45) is 5.41 Å². The lowest BCUT2D eigenvalue weighted by Crippen LogP contribution is -2.65. The van der Waals surface area contributed by atoms with Crippen LogP contribution in [0, 0.1) is 5.41 Å². The number of aromatic nitrogens is 1. The van der Waals surface area contributed by atoms with Crippen LogP contribution in [-0.2, 0) is 11.3 Å². The average molecular weight is 344 g/mol. The lowest BCUT2D eigenvalue weighted by molar-refractivity contribution is -0.133. The van der Waals surface area contributed by atoms with Gasteiger partial charge in [-0.05, 0) is 63.7 Å². The van der Waals surface area contributed by atoms with Crippen LogP contribution in [0.2, 0.25) is 0 Å². The zero-order valence-electron chi connectivity index (χ0n) is 15.6. The van der Waals surface area contributed by atoms with Gasteiger partial charge in [0.05, 0.1) is 6.10 Å². The second-order valence-corrected chi connectivity index (χ2v) is 8.25. The summed E-state index contributed by atoms with van der Waals surface area (Å²) in [6, 6.07) is 5.61. The largest absolute Gasteiger partial charge is 0.378 e. The van der Waals surface area contributed by atoms with Gasteiger partial charge >= 0.3 is 0 Å². The van der Waals surface area contributed by atoms with Gasteiger partial charge in [-0.1, -0.05) is 18.9 Å². The minimum absolute atomic E-state index is 0.461. The van der Waals surface area contributed by atoms with Gasteiger partial charge in [0.25, 0.3) is 0 Å². The second-order valence-electron chi connectivity index (χ2n) is 8.25. The fourth-order valence-electron chi connectivity index (χ4n) is 5.41. The van der Waals surface area contributed by atoms with Gasteiger partial charge in [0.1, 0.15) is 0 Å². The molecular weight excluding hydrogens is 310 g/mol. The highest BCUT2D eigenvalue weighted by molar-refractivity contribution is 5.11. The first-order valence-corrected chi connectivity index (χ1v) is 10.3. The van der Waals surface area contributed by atoms with E-state index >= 15 is 0 Å². The maximum Gasteiger partial charge on any atom is 0.0661 e. The topological polar surface area (TPSA) is 37.4 Å². The quantitative estimate of drug-likeness (QED) is 0.859. The minimum atomic E-state index is 0.461. The van der Waals surface area contributed by atoms with Gasteiger partial charge in [0.2, 0.25) is 0 Å². The number of hydrogen-bond donors (Lipinski definition) is 1. The van der Waals surface area contributed by atoms with Crippen molar-refractivity contribution in [1.29, 1.82) is 0 Å². The van der Waals surface area contributed by atoms with Crippen LogP contribution in [0.25, 0.3) is 0 Å². The van der Waals surface area contributed by atoms with Crippen LogP contribution in [0.4, 0.5) is 0 Å². The van der Waals surface area contributed by atoms with Crippen LogP contribution in [-0.4, -0.2) is 47.8 Å². The first-order chi connectivity index (χ1) is 12.3. The van der Waals surface area contributed by atoms with Crippen molar-refractivity contribution in [3.63, 3.8) is 0 Å². The van der Waals surface area contributed by atoms with Gasteiger partial charge in [-0.3, -0.25) is 9.88 Å². The maximum absolute atomic E-state index is 6.06. The second kappa shape index (κ2) is 7.73. The van der Waals surface area contributed by atoms with Crippen LogP contribution in [0.15, 0.2) is 24.5 Å². The minimum Gasteiger partial charge on any atom is -0.378 e. The predicted molar refractivity (Wildman–Crippen MR) is 100 cm³/mol. The zero-order chi connectivity index (χ0) is 17.1. The van der Waals surface area contributed by atoms with Crippen molar-refractivity contribution in [2.75, 3.05) is 19.7 Å². The van der Waals surface area contributed by atoms with Crippen molar-refractivity contribution in [1.82, 2.24) is 15.2 Å². The van der Waals surface area contributed by atoms with Gasteiger partial charge in [-0.15, -0.1) is 0 Å². The molecule has 0 unspecified atom stereocenters. The summed E-state index contributed by atoms with van der Waals surface area (Å²) in [5, 5.41) is 4.04. The maximum atomic E-state index is 6.06. The Morgan fingerprint density at radius 3 is 2.76 bits per heavy atom. The summed E-state index contributed by atoms with van der Waals surface area (Å²) in [6.07, 6.45) is 13.7. The SMILES string of the molecule is CCO[C@@H]1C[C@H](NC2CCN(Cc3cccnc3)CC2)C12CCCC2. The number of ether oxygens (including phenoxy) is 1. The first kappa shape index (κ1) is 17.4. The van der Waals surface area contributed by atoms with E-state index in [1.807, 2.05) is 18.5 Å². The Labute approximate surface area is 152 Å². The molecule has 2 atom stereocenters. The van der Waals surface area contributed by atoms with E-state index in [2.05, 4.69) is 28.2 Å². The highest BCUT2D eigenvalue weighted by Crippen LogP contribution is 2.55. The lowest BCUT2D eigenvalue weighted by Gasteiger charge is -2.55. The highest BCUT2D eigenvalue weighted by atomic mass is 16.5. The van der Waals surface area contributed by atoms with Crippen molar-refractivity contribution in [2.45, 2.75) is 76.6 Å². The molecule has 1 aromatic rings. The van der Waals surface area contributed by atoms with Crippen molar-refractivity contribution >= 4 is 0 Å². The Hall–Kier alpha value is -0.970. The van der Waals surface area contributed by atoms with Crippen LogP contribution in [0.5, 0.6) is 0 Å². The zero-order valence-corrected chi connectivity index (χ0v) is 15.6. The predicted octanol–water partition coefficient (Wildman–Crippen LogP) is 3.37. The normalized spacial score (nSPS) is 29.8. The summed E-state index contributed by atoms with van der Waals surface area (Å²) in [5.41, 5.74) is 1.79. The van der Waals surface area contributed by atoms with Gasteiger partial charge < -0.3 is 10.1 Å². The highest BCUT2D eigenvalue weighted by Gasteiger charge is 2.56. The number of nitrogens with zero attached hydrogens (tertiary/aromatic N) is 2. The molecule has 0 amide bonds. The standard InChI is InChI=1S/C21H33N3O/c1-2-25-20-14-19(21(20)9-3-4-10-21)23-18-7-12-24(13-8-18)16-17-6-5-11-22-15-17/h5-6,11,15,18-20,23H,2-4,7-10,12-14,16H2,1H3/t19-,20+/m0/s1. The molecule has 1 aromatic heterocycles. The number of likely N-dealkylation sites (tertiary alicyclic amines) is 1. The van der Waals surface area contributed by atoms with Gasteiger partial charge in [0.15, 0.2) is 0 Å². The molecule has 4 nitrogen and oxygen atoms in total. The number of rotatable bonds is 6. The number of hydrogen-bond acceptors (Lipinski definition) is 4. The Morgan fingerprint density at radius 2 is 2.08 bits per heavy atom. The van der Waals surface area contributed by atoms with E-state index < -0.39 is 0 Å². The molecule has 1 aliphatic heterocycles. The molecule has 25 heavy (non-hydrogen) atoms. The molecule has 1 N–H and O–H groups in total. The third-order valence-electron chi connectivity index (χ3n) is 6.84. The number of piperidine rings is 1. The molecule has 2 heterocycles. The summed E-state index contributed by atoms with van der Waals surface area (Å²) in [4.78, 5) is 6.81. The van der Waals surface area contributed by atoms with Crippen LogP contribution < -0.4 is 5.32 Å². The third kappa shape index (κ3) is 3.62. The van der Waals surface area contributed by atoms with Crippen molar-refractivity contribution < 1.29 is 4.74 Å². The molecule has 4 heteroatoms. The monoisotopic (exact) mass is 343 g/mol. The molecule has 1 saturated heterocycles. The summed E-state index contributed by atoms with van der Waals surface area (Å²) in [5.74, 6) is 0. The van der Waals surface area contributed by atoms with E-state index in [0.717, 1.165) is 13.2 Å². The van der Waals surface area contributed by atoms with E-state index in [9.17, 15) is 0 Å². The molecule has 2 saturated carbocycles. The van der Waals surface area contributed by atoms with E-state index in [4.69, 9.17) is 4.74 Å². The summed E-state index contributed by atoms with van der Waals surface area (Å²) in [6.45, 7) is 6.44. The molecule has 1 spiro atoms. The number of nitrogens with one attached hydrogen (secondary N) is 1. The summed E-state index contributed by atoms with van der Waals surface area (Å²) >= 11 is 0. The summed E-state index contributed by atoms with van der Waals surface area (Å²) in [7, 11) is 0. The fraction of sp³-hybridized carbons (Fsp3) is 0.762. The molecular formula is C21H33N3O. The van der Waals surface area contributed by atoms with Crippen LogP contribution in [0.3, 0.4) is 0 Å². The lowest BCUT2D eigenvalue weighted by atomic mass is 9.60. The van der Waals surface area contributed by atoms with E-state index in [1.165, 1.54) is 63.6 Å². The Balaban J connectivity index is 1.26. The van der Waals surface area contributed by atoms with Gasteiger partial charge in [0, 0.05) is 43.0 Å². The third-order valence-corrected chi connectivity index (χ3v) is 6.84. The average Bonchev–Trinajstić information content (AvgIpc) is 3.16. The van der Waals surface area contributed by atoms with E-state index in [1.54, 1.807) is 0 Å². The van der Waals surface area contributed by atoms with Gasteiger partial charge in [-0.25, -0.2) is 0 Å². The van der Waals surface area contributed by atoms with Crippen molar-refractivity contribution in [3.8, 4) is 0 Å². The van der Waals surface area contributed by atoms with E-state index in [0.29, 0.717) is 23.6 Å². The molecule has 0 radical (unpaired) electrons.